The number of benzene rings is 1. The number of hydrogen-bond donors (Lipinski definition) is 0. The highest BCUT2D eigenvalue weighted by atomic mass is 35.5. The predicted octanol–water partition coefficient (Wildman–Crippen LogP) is 3.39. The van der Waals surface area contributed by atoms with Gasteiger partial charge in [0.05, 0.1) is 0 Å². The van der Waals surface area contributed by atoms with E-state index in [0.717, 1.165) is 0 Å². The van der Waals surface area contributed by atoms with E-state index in [-0.39, 0.29) is 5.69 Å². The molecule has 0 N–H and O–H groups in total. The van der Waals surface area contributed by atoms with E-state index in [4.69, 9.17) is 23.2 Å². The number of hydrogen-bond acceptors (Lipinski definition) is 2. The van der Waals surface area contributed by atoms with Crippen LogP contribution in [-0.2, 0) is 0 Å². The van der Waals surface area contributed by atoms with E-state index in [1.165, 1.54) is 18.2 Å². The van der Waals surface area contributed by atoms with Gasteiger partial charge in [-0.05, 0) is 23.4 Å². The first-order valence-corrected chi connectivity index (χ1v) is 3.27. The second kappa shape index (κ2) is 2.99. The van der Waals surface area contributed by atoms with E-state index in [2.05, 4.69) is 5.18 Å². The fourth-order valence-electron chi connectivity index (χ4n) is 0.592. The number of nitroso groups, excluding NO2 is 1. The van der Waals surface area contributed by atoms with Crippen molar-refractivity contribution < 1.29 is 0 Å². The lowest BCUT2D eigenvalue weighted by Gasteiger charge is -1.91. The van der Waals surface area contributed by atoms with Gasteiger partial charge in [-0.1, -0.05) is 23.2 Å². The number of nitrogens with zero attached hydrogens (tertiary/aromatic N) is 1. The molecular weight excluding hydrogens is 173 g/mol. The third-order valence-corrected chi connectivity index (χ3v) is 1.39. The third kappa shape index (κ3) is 1.69. The van der Waals surface area contributed by atoms with Crippen LogP contribution >= 0.6 is 23.2 Å². The van der Waals surface area contributed by atoms with Gasteiger partial charge in [0, 0.05) is 10.0 Å². The summed E-state index contributed by atoms with van der Waals surface area (Å²) in [5, 5.41) is 3.51. The maximum atomic E-state index is 9.94. The SMILES string of the molecule is O=Nc1cc(Cl)cc(Cl)c1. The van der Waals surface area contributed by atoms with Crippen molar-refractivity contribution in [3.05, 3.63) is 33.2 Å². The maximum absolute atomic E-state index is 9.94. The zero-order valence-corrected chi connectivity index (χ0v) is 6.36. The molecule has 10 heavy (non-hydrogen) atoms. The smallest absolute Gasteiger partial charge is 0.110 e. The van der Waals surface area contributed by atoms with Crippen LogP contribution in [0.25, 0.3) is 0 Å². The normalized spacial score (nSPS) is 9.40. The first-order chi connectivity index (χ1) is 4.72. The highest BCUT2D eigenvalue weighted by molar-refractivity contribution is 6.35. The summed E-state index contributed by atoms with van der Waals surface area (Å²) in [5.41, 5.74) is 0.248. The van der Waals surface area contributed by atoms with Gasteiger partial charge in [0.25, 0.3) is 0 Å². The molecule has 0 bridgehead atoms. The van der Waals surface area contributed by atoms with Crippen LogP contribution in [0.3, 0.4) is 0 Å². The molecule has 0 amide bonds. The fraction of sp³-hybridized carbons (Fsp3) is 0. The summed E-state index contributed by atoms with van der Waals surface area (Å²) in [7, 11) is 0. The molecule has 4 heteroatoms. The molecular formula is C6H3Cl2NO. The average molecular weight is 176 g/mol. The molecule has 1 aromatic rings. The van der Waals surface area contributed by atoms with Crippen LogP contribution in [0.1, 0.15) is 0 Å². The molecule has 0 atom stereocenters. The zero-order chi connectivity index (χ0) is 7.56. The minimum Gasteiger partial charge on any atom is -0.145 e. The summed E-state index contributed by atoms with van der Waals surface area (Å²) < 4.78 is 0. The second-order valence-corrected chi connectivity index (χ2v) is 2.59. The van der Waals surface area contributed by atoms with Gasteiger partial charge in [-0.2, -0.15) is 0 Å². The van der Waals surface area contributed by atoms with E-state index in [1.54, 1.807) is 0 Å². The molecule has 0 saturated carbocycles. The summed E-state index contributed by atoms with van der Waals surface area (Å²) in [6.07, 6.45) is 0. The lowest BCUT2D eigenvalue weighted by Crippen LogP contribution is -1.65. The molecule has 0 saturated heterocycles. The van der Waals surface area contributed by atoms with E-state index in [1.807, 2.05) is 0 Å². The van der Waals surface area contributed by atoms with E-state index in [9.17, 15) is 4.91 Å². The first kappa shape index (κ1) is 7.51. The standard InChI is InChI=1S/C6H3Cl2NO/c7-4-1-5(8)3-6(2-4)9-10/h1-3H. The van der Waals surface area contributed by atoms with Gasteiger partial charge in [-0.25, -0.2) is 0 Å². The molecule has 1 aromatic carbocycles. The van der Waals surface area contributed by atoms with Crippen molar-refractivity contribution in [2.24, 2.45) is 5.18 Å². The Morgan fingerprint density at radius 1 is 1.10 bits per heavy atom. The van der Waals surface area contributed by atoms with E-state index >= 15 is 0 Å². The quantitative estimate of drug-likeness (QED) is 0.603. The molecule has 0 aliphatic heterocycles. The molecule has 2 nitrogen and oxygen atoms in total. The van der Waals surface area contributed by atoms with Crippen molar-refractivity contribution in [2.45, 2.75) is 0 Å². The highest BCUT2D eigenvalue weighted by Gasteiger charge is 1.95. The van der Waals surface area contributed by atoms with Crippen LogP contribution in [0.15, 0.2) is 23.4 Å². The Balaban J connectivity index is 3.18. The van der Waals surface area contributed by atoms with Crippen LogP contribution in [0.4, 0.5) is 5.69 Å². The van der Waals surface area contributed by atoms with E-state index < -0.39 is 0 Å². The van der Waals surface area contributed by atoms with Gasteiger partial charge in [0.15, 0.2) is 0 Å². The lowest BCUT2D eigenvalue weighted by atomic mass is 10.3. The average Bonchev–Trinajstić information content (AvgIpc) is 1.85. The van der Waals surface area contributed by atoms with Crippen molar-refractivity contribution in [3.8, 4) is 0 Å². The third-order valence-electron chi connectivity index (χ3n) is 0.953. The largest absolute Gasteiger partial charge is 0.145 e. The van der Waals surface area contributed by atoms with Crippen molar-refractivity contribution in [1.82, 2.24) is 0 Å². The van der Waals surface area contributed by atoms with Gasteiger partial charge in [0.1, 0.15) is 5.69 Å². The Morgan fingerprint density at radius 3 is 2.00 bits per heavy atom. The Morgan fingerprint density at radius 2 is 1.60 bits per heavy atom. The summed E-state index contributed by atoms with van der Waals surface area (Å²) in [6, 6.07) is 4.43. The molecule has 0 aliphatic rings. The number of halogens is 2. The van der Waals surface area contributed by atoms with Crippen LogP contribution in [-0.4, -0.2) is 0 Å². The van der Waals surface area contributed by atoms with Crippen molar-refractivity contribution in [2.75, 3.05) is 0 Å². The van der Waals surface area contributed by atoms with Crippen LogP contribution < -0.4 is 0 Å². The van der Waals surface area contributed by atoms with Gasteiger partial charge in [0.2, 0.25) is 0 Å². The van der Waals surface area contributed by atoms with Crippen LogP contribution in [0.5, 0.6) is 0 Å². The molecule has 0 aromatic heterocycles. The van der Waals surface area contributed by atoms with Gasteiger partial charge in [-0.3, -0.25) is 0 Å². The molecule has 0 aliphatic carbocycles. The zero-order valence-electron chi connectivity index (χ0n) is 4.84. The highest BCUT2D eigenvalue weighted by Crippen LogP contribution is 2.23. The van der Waals surface area contributed by atoms with Crippen molar-refractivity contribution >= 4 is 28.9 Å². The molecule has 1 rings (SSSR count). The second-order valence-electron chi connectivity index (χ2n) is 1.72. The summed E-state index contributed by atoms with van der Waals surface area (Å²) in [6.45, 7) is 0. The van der Waals surface area contributed by atoms with Crippen LogP contribution in [0, 0.1) is 4.91 Å². The molecule has 0 fully saturated rings. The molecule has 52 valence electrons. The molecule has 0 heterocycles. The molecule has 0 unspecified atom stereocenters. The van der Waals surface area contributed by atoms with Gasteiger partial charge >= 0.3 is 0 Å². The Hall–Kier alpha value is -0.600. The Kier molecular flexibility index (Phi) is 2.25. The number of rotatable bonds is 1. The maximum Gasteiger partial charge on any atom is 0.110 e. The minimum absolute atomic E-state index is 0.248. The van der Waals surface area contributed by atoms with Gasteiger partial charge in [-0.15, -0.1) is 4.91 Å². The Bertz CT molecular complexity index is 242. The monoisotopic (exact) mass is 175 g/mol. The topological polar surface area (TPSA) is 29.4 Å². The Labute approximate surface area is 67.7 Å². The van der Waals surface area contributed by atoms with Gasteiger partial charge < -0.3 is 0 Å². The van der Waals surface area contributed by atoms with Crippen molar-refractivity contribution in [1.29, 1.82) is 0 Å². The van der Waals surface area contributed by atoms with Crippen LogP contribution in [0.2, 0.25) is 10.0 Å². The molecule has 0 radical (unpaired) electrons. The predicted molar refractivity (Wildman–Crippen MR) is 41.9 cm³/mol. The summed E-state index contributed by atoms with van der Waals surface area (Å²) in [5.74, 6) is 0. The summed E-state index contributed by atoms with van der Waals surface area (Å²) >= 11 is 11.1. The molecule has 0 spiro atoms. The van der Waals surface area contributed by atoms with E-state index in [0.29, 0.717) is 10.0 Å². The minimum atomic E-state index is 0.248. The van der Waals surface area contributed by atoms with Crippen molar-refractivity contribution in [3.63, 3.8) is 0 Å². The lowest BCUT2D eigenvalue weighted by molar-refractivity contribution is 1.50. The fourth-order valence-corrected chi connectivity index (χ4v) is 1.11. The summed E-state index contributed by atoms with van der Waals surface area (Å²) in [4.78, 5) is 9.94. The first-order valence-electron chi connectivity index (χ1n) is 2.52.